The quantitative estimate of drug-likeness (QED) is 0.748. The van der Waals surface area contributed by atoms with Gasteiger partial charge in [-0.05, 0) is 24.1 Å². The monoisotopic (exact) mass is 195 g/mol. The van der Waals surface area contributed by atoms with Gasteiger partial charge in [-0.1, -0.05) is 6.07 Å². The van der Waals surface area contributed by atoms with Crippen LogP contribution < -0.4 is 15.2 Å². The lowest BCUT2D eigenvalue weighted by atomic mass is 10.0. The van der Waals surface area contributed by atoms with Crippen molar-refractivity contribution in [1.82, 2.24) is 0 Å². The lowest BCUT2D eigenvalue weighted by Gasteiger charge is -2.10. The van der Waals surface area contributed by atoms with E-state index in [0.29, 0.717) is 6.42 Å². The molecular formula is C10H13NO3. The molecule has 0 aromatic heterocycles. The highest BCUT2D eigenvalue weighted by Crippen LogP contribution is 2.34. The van der Waals surface area contributed by atoms with E-state index in [-0.39, 0.29) is 19.4 Å². The van der Waals surface area contributed by atoms with Crippen molar-refractivity contribution in [2.75, 3.05) is 13.4 Å². The topological polar surface area (TPSA) is 64.7 Å². The Morgan fingerprint density at radius 1 is 1.36 bits per heavy atom. The van der Waals surface area contributed by atoms with Crippen LogP contribution in [0.4, 0.5) is 0 Å². The summed E-state index contributed by atoms with van der Waals surface area (Å²) < 4.78 is 10.4. The third-order valence-corrected chi connectivity index (χ3v) is 2.26. The molecule has 0 saturated heterocycles. The molecule has 76 valence electrons. The third kappa shape index (κ3) is 1.66. The Morgan fingerprint density at radius 2 is 2.14 bits per heavy atom. The molecule has 0 radical (unpaired) electrons. The van der Waals surface area contributed by atoms with Gasteiger partial charge in [0, 0.05) is 12.6 Å². The summed E-state index contributed by atoms with van der Waals surface area (Å²) in [7, 11) is 0. The second kappa shape index (κ2) is 3.86. The fourth-order valence-corrected chi connectivity index (χ4v) is 1.45. The van der Waals surface area contributed by atoms with Gasteiger partial charge in [-0.25, -0.2) is 0 Å². The number of nitrogens with two attached hydrogens (primary N) is 1. The van der Waals surface area contributed by atoms with E-state index in [1.165, 1.54) is 0 Å². The van der Waals surface area contributed by atoms with Crippen LogP contribution in [0.2, 0.25) is 0 Å². The number of rotatable bonds is 3. The van der Waals surface area contributed by atoms with Gasteiger partial charge >= 0.3 is 0 Å². The summed E-state index contributed by atoms with van der Waals surface area (Å²) in [4.78, 5) is 0. The highest BCUT2D eigenvalue weighted by Gasteiger charge is 2.15. The van der Waals surface area contributed by atoms with Crippen LogP contribution in [0.5, 0.6) is 11.5 Å². The van der Waals surface area contributed by atoms with Crippen molar-refractivity contribution in [3.63, 3.8) is 0 Å². The highest BCUT2D eigenvalue weighted by molar-refractivity contribution is 5.45. The van der Waals surface area contributed by atoms with Crippen LogP contribution in [0.3, 0.4) is 0 Å². The minimum Gasteiger partial charge on any atom is -0.454 e. The van der Waals surface area contributed by atoms with Gasteiger partial charge in [0.05, 0.1) is 0 Å². The molecule has 0 aliphatic carbocycles. The van der Waals surface area contributed by atoms with Crippen molar-refractivity contribution < 1.29 is 14.6 Å². The summed E-state index contributed by atoms with van der Waals surface area (Å²) in [5, 5.41) is 8.76. The largest absolute Gasteiger partial charge is 0.454 e. The maximum atomic E-state index is 8.76. The van der Waals surface area contributed by atoms with Gasteiger partial charge in [-0.3, -0.25) is 0 Å². The standard InChI is InChI=1S/C10H13NO3/c11-8(3-4-12)7-1-2-9-10(5-7)14-6-13-9/h1-2,5,8,12H,3-4,6,11H2. The first-order chi connectivity index (χ1) is 6.81. The zero-order valence-electron chi connectivity index (χ0n) is 7.77. The Balaban J connectivity index is 2.19. The zero-order chi connectivity index (χ0) is 9.97. The average molecular weight is 195 g/mol. The molecular weight excluding hydrogens is 182 g/mol. The van der Waals surface area contributed by atoms with E-state index in [4.69, 9.17) is 20.3 Å². The predicted octanol–water partition coefficient (Wildman–Crippen LogP) is 0.797. The van der Waals surface area contributed by atoms with Gasteiger partial charge in [0.2, 0.25) is 6.79 Å². The van der Waals surface area contributed by atoms with E-state index < -0.39 is 0 Å². The summed E-state index contributed by atoms with van der Waals surface area (Å²) >= 11 is 0. The van der Waals surface area contributed by atoms with E-state index in [1.807, 2.05) is 18.2 Å². The Labute approximate surface area is 82.2 Å². The number of aliphatic hydroxyl groups excluding tert-OH is 1. The van der Waals surface area contributed by atoms with Crippen LogP contribution in [0.1, 0.15) is 18.0 Å². The van der Waals surface area contributed by atoms with Crippen LogP contribution in [0.15, 0.2) is 18.2 Å². The van der Waals surface area contributed by atoms with Gasteiger partial charge in [0.15, 0.2) is 11.5 Å². The number of hydrogen-bond donors (Lipinski definition) is 2. The molecule has 1 heterocycles. The molecule has 1 aliphatic rings. The van der Waals surface area contributed by atoms with Crippen molar-refractivity contribution in [2.24, 2.45) is 5.73 Å². The maximum absolute atomic E-state index is 8.76. The van der Waals surface area contributed by atoms with Crippen LogP contribution in [0, 0.1) is 0 Å². The summed E-state index contributed by atoms with van der Waals surface area (Å²) in [5.41, 5.74) is 6.80. The van der Waals surface area contributed by atoms with Gasteiger partial charge in [-0.2, -0.15) is 0 Å². The number of ether oxygens (including phenoxy) is 2. The Kier molecular flexibility index (Phi) is 2.56. The first-order valence-electron chi connectivity index (χ1n) is 4.57. The van der Waals surface area contributed by atoms with Crippen molar-refractivity contribution >= 4 is 0 Å². The highest BCUT2D eigenvalue weighted by atomic mass is 16.7. The molecule has 0 saturated carbocycles. The summed E-state index contributed by atoms with van der Waals surface area (Å²) in [6.45, 7) is 0.365. The van der Waals surface area contributed by atoms with Gasteiger partial charge in [0.1, 0.15) is 0 Å². The molecule has 1 aromatic carbocycles. The smallest absolute Gasteiger partial charge is 0.231 e. The van der Waals surface area contributed by atoms with Crippen molar-refractivity contribution in [2.45, 2.75) is 12.5 Å². The minimum atomic E-state index is -0.144. The average Bonchev–Trinajstić information content (AvgIpc) is 2.64. The van der Waals surface area contributed by atoms with Gasteiger partial charge in [-0.15, -0.1) is 0 Å². The Hall–Kier alpha value is -1.26. The van der Waals surface area contributed by atoms with Crippen molar-refractivity contribution in [1.29, 1.82) is 0 Å². The normalized spacial score (nSPS) is 15.6. The number of hydrogen-bond acceptors (Lipinski definition) is 4. The number of fused-ring (bicyclic) bond motifs is 1. The molecule has 2 rings (SSSR count). The van der Waals surface area contributed by atoms with Crippen LogP contribution in [-0.2, 0) is 0 Å². The maximum Gasteiger partial charge on any atom is 0.231 e. The molecule has 4 nitrogen and oxygen atoms in total. The van der Waals surface area contributed by atoms with Crippen LogP contribution >= 0.6 is 0 Å². The molecule has 1 unspecified atom stereocenters. The molecule has 1 aliphatic heterocycles. The summed E-state index contributed by atoms with van der Waals surface area (Å²) in [6, 6.07) is 5.46. The van der Waals surface area contributed by atoms with E-state index in [2.05, 4.69) is 0 Å². The van der Waals surface area contributed by atoms with E-state index in [9.17, 15) is 0 Å². The SMILES string of the molecule is NC(CCO)c1ccc2c(c1)OCO2. The molecule has 0 spiro atoms. The molecule has 3 N–H and O–H groups in total. The number of benzene rings is 1. The Morgan fingerprint density at radius 3 is 2.93 bits per heavy atom. The molecule has 1 aromatic rings. The summed E-state index contributed by atoms with van der Waals surface area (Å²) in [6.07, 6.45) is 0.555. The Bertz CT molecular complexity index is 327. The second-order valence-corrected chi connectivity index (χ2v) is 3.23. The van der Waals surface area contributed by atoms with E-state index in [1.54, 1.807) is 0 Å². The minimum absolute atomic E-state index is 0.0929. The lowest BCUT2D eigenvalue weighted by molar-refractivity contribution is 0.174. The molecule has 4 heteroatoms. The summed E-state index contributed by atoms with van der Waals surface area (Å²) in [5.74, 6) is 1.49. The number of aliphatic hydroxyl groups is 1. The fourth-order valence-electron chi connectivity index (χ4n) is 1.45. The molecule has 0 fully saturated rings. The second-order valence-electron chi connectivity index (χ2n) is 3.23. The van der Waals surface area contributed by atoms with Gasteiger partial charge in [0.25, 0.3) is 0 Å². The third-order valence-electron chi connectivity index (χ3n) is 2.26. The van der Waals surface area contributed by atoms with E-state index in [0.717, 1.165) is 17.1 Å². The predicted molar refractivity (Wildman–Crippen MR) is 51.2 cm³/mol. The van der Waals surface area contributed by atoms with Gasteiger partial charge < -0.3 is 20.3 Å². The molecule has 14 heavy (non-hydrogen) atoms. The van der Waals surface area contributed by atoms with Crippen molar-refractivity contribution in [3.05, 3.63) is 23.8 Å². The van der Waals surface area contributed by atoms with Crippen LogP contribution in [0.25, 0.3) is 0 Å². The first-order valence-corrected chi connectivity index (χ1v) is 4.57. The molecule has 1 atom stereocenters. The first kappa shape index (κ1) is 9.30. The molecule has 0 amide bonds. The zero-order valence-corrected chi connectivity index (χ0v) is 7.77. The van der Waals surface area contributed by atoms with Crippen molar-refractivity contribution in [3.8, 4) is 11.5 Å². The molecule has 0 bridgehead atoms. The van der Waals surface area contributed by atoms with E-state index >= 15 is 0 Å². The van der Waals surface area contributed by atoms with Crippen LogP contribution in [-0.4, -0.2) is 18.5 Å². The lowest BCUT2D eigenvalue weighted by Crippen LogP contribution is -2.11. The fraction of sp³-hybridized carbons (Fsp3) is 0.400.